The third-order valence-electron chi connectivity index (χ3n) is 2.98. The Morgan fingerprint density at radius 3 is 2.12 bits per heavy atom. The maximum Gasteiger partial charge on any atom is 0.302 e. The minimum Gasteiger partial charge on any atom is -0.462 e. The molecule has 0 aliphatic rings. The Labute approximate surface area is 98.6 Å². The molecule has 0 spiro atoms. The highest BCUT2D eigenvalue weighted by molar-refractivity contribution is 5.80. The highest BCUT2D eigenvalue weighted by atomic mass is 16.5. The summed E-state index contributed by atoms with van der Waals surface area (Å²) in [6.07, 6.45) is 2.11. The van der Waals surface area contributed by atoms with Gasteiger partial charge < -0.3 is 4.74 Å². The van der Waals surface area contributed by atoms with Gasteiger partial charge in [0.2, 0.25) is 0 Å². The average molecular weight is 228 g/mol. The first-order chi connectivity index (χ1) is 7.42. The SMILES string of the molecule is CCC(=O)[C@H](C)C[C@H](C)[C@@H](CC)OC(C)=O. The van der Waals surface area contributed by atoms with Gasteiger partial charge in [0.25, 0.3) is 0 Å². The van der Waals surface area contributed by atoms with E-state index in [1.165, 1.54) is 6.92 Å². The Morgan fingerprint density at radius 2 is 1.75 bits per heavy atom. The van der Waals surface area contributed by atoms with Crippen molar-refractivity contribution in [2.75, 3.05) is 0 Å². The molecule has 0 unspecified atom stereocenters. The van der Waals surface area contributed by atoms with Crippen molar-refractivity contribution in [3.05, 3.63) is 0 Å². The molecule has 3 heteroatoms. The number of carbonyl (C=O) groups is 2. The molecule has 0 heterocycles. The normalized spacial score (nSPS) is 16.3. The van der Waals surface area contributed by atoms with E-state index in [1.54, 1.807) is 0 Å². The molecule has 0 bridgehead atoms. The largest absolute Gasteiger partial charge is 0.462 e. The molecule has 16 heavy (non-hydrogen) atoms. The van der Waals surface area contributed by atoms with Gasteiger partial charge in [0.1, 0.15) is 11.9 Å². The molecule has 0 saturated carbocycles. The summed E-state index contributed by atoms with van der Waals surface area (Å²) in [6, 6.07) is 0. The van der Waals surface area contributed by atoms with Crippen molar-refractivity contribution in [2.24, 2.45) is 11.8 Å². The summed E-state index contributed by atoms with van der Waals surface area (Å²) in [4.78, 5) is 22.4. The number of Topliss-reactive ketones (excluding diaryl/α,β-unsaturated/α-hetero) is 1. The second-order valence-electron chi connectivity index (χ2n) is 4.49. The molecule has 3 atom stereocenters. The van der Waals surface area contributed by atoms with Gasteiger partial charge in [-0.3, -0.25) is 9.59 Å². The molecule has 0 aromatic carbocycles. The van der Waals surface area contributed by atoms with E-state index in [0.717, 1.165) is 12.8 Å². The zero-order valence-corrected chi connectivity index (χ0v) is 11.1. The molecule has 0 radical (unpaired) electrons. The van der Waals surface area contributed by atoms with E-state index in [-0.39, 0.29) is 29.7 Å². The summed E-state index contributed by atoms with van der Waals surface area (Å²) in [5.74, 6) is 0.335. The lowest BCUT2D eigenvalue weighted by molar-refractivity contribution is -0.149. The Hall–Kier alpha value is -0.860. The maximum atomic E-state index is 11.5. The van der Waals surface area contributed by atoms with Gasteiger partial charge in [-0.1, -0.05) is 27.7 Å². The van der Waals surface area contributed by atoms with Crippen molar-refractivity contribution in [1.29, 1.82) is 0 Å². The van der Waals surface area contributed by atoms with E-state index in [9.17, 15) is 9.59 Å². The van der Waals surface area contributed by atoms with Crippen molar-refractivity contribution in [3.8, 4) is 0 Å². The van der Waals surface area contributed by atoms with Crippen molar-refractivity contribution >= 4 is 11.8 Å². The van der Waals surface area contributed by atoms with Crippen LogP contribution in [0.2, 0.25) is 0 Å². The van der Waals surface area contributed by atoms with Crippen LogP contribution in [0.3, 0.4) is 0 Å². The van der Waals surface area contributed by atoms with E-state index < -0.39 is 0 Å². The zero-order valence-electron chi connectivity index (χ0n) is 11.1. The van der Waals surface area contributed by atoms with Crippen LogP contribution in [0.25, 0.3) is 0 Å². The molecule has 0 aliphatic heterocycles. The third kappa shape index (κ3) is 5.29. The lowest BCUT2D eigenvalue weighted by Crippen LogP contribution is -2.26. The molecule has 0 aromatic heterocycles. The predicted molar refractivity (Wildman–Crippen MR) is 64.1 cm³/mol. The second kappa shape index (κ2) is 7.42. The Morgan fingerprint density at radius 1 is 1.19 bits per heavy atom. The fourth-order valence-electron chi connectivity index (χ4n) is 2.00. The summed E-state index contributed by atoms with van der Waals surface area (Å²) in [6.45, 7) is 9.29. The third-order valence-corrected chi connectivity index (χ3v) is 2.98. The monoisotopic (exact) mass is 228 g/mol. The molecule has 0 aromatic rings. The fourth-order valence-corrected chi connectivity index (χ4v) is 2.00. The molecule has 3 nitrogen and oxygen atoms in total. The topological polar surface area (TPSA) is 43.4 Å². The Balaban J connectivity index is 4.24. The smallest absolute Gasteiger partial charge is 0.302 e. The van der Waals surface area contributed by atoms with Gasteiger partial charge in [-0.15, -0.1) is 0 Å². The predicted octanol–water partition coefficient (Wildman–Crippen LogP) is 2.97. The van der Waals surface area contributed by atoms with Crippen LogP contribution in [0.15, 0.2) is 0 Å². The van der Waals surface area contributed by atoms with Crippen LogP contribution < -0.4 is 0 Å². The number of ketones is 1. The summed E-state index contributed by atoms with van der Waals surface area (Å²) < 4.78 is 5.23. The van der Waals surface area contributed by atoms with Crippen LogP contribution in [-0.2, 0) is 14.3 Å². The number of esters is 1. The molecular weight excluding hydrogens is 204 g/mol. The number of ether oxygens (including phenoxy) is 1. The minimum absolute atomic E-state index is 0.0598. The van der Waals surface area contributed by atoms with Crippen LogP contribution in [0.1, 0.15) is 53.9 Å². The van der Waals surface area contributed by atoms with E-state index >= 15 is 0 Å². The lowest BCUT2D eigenvalue weighted by atomic mass is 9.88. The van der Waals surface area contributed by atoms with Gasteiger partial charge in [-0.05, 0) is 18.8 Å². The van der Waals surface area contributed by atoms with Gasteiger partial charge in [0.15, 0.2) is 0 Å². The maximum absolute atomic E-state index is 11.5. The summed E-state index contributed by atoms with van der Waals surface area (Å²) in [7, 11) is 0. The van der Waals surface area contributed by atoms with Crippen LogP contribution in [0.5, 0.6) is 0 Å². The number of hydrogen-bond acceptors (Lipinski definition) is 3. The van der Waals surface area contributed by atoms with Gasteiger partial charge in [-0.2, -0.15) is 0 Å². The molecule has 0 saturated heterocycles. The van der Waals surface area contributed by atoms with Crippen molar-refractivity contribution in [1.82, 2.24) is 0 Å². The molecule has 0 aliphatic carbocycles. The summed E-state index contributed by atoms with van der Waals surface area (Å²) in [5.41, 5.74) is 0. The Bertz CT molecular complexity index is 235. The van der Waals surface area contributed by atoms with E-state index in [0.29, 0.717) is 6.42 Å². The van der Waals surface area contributed by atoms with E-state index in [2.05, 4.69) is 0 Å². The van der Waals surface area contributed by atoms with Crippen molar-refractivity contribution in [2.45, 2.75) is 60.0 Å². The molecular formula is C13H24O3. The van der Waals surface area contributed by atoms with E-state index in [1.807, 2.05) is 27.7 Å². The van der Waals surface area contributed by atoms with Gasteiger partial charge in [-0.25, -0.2) is 0 Å². The molecule has 94 valence electrons. The molecule has 0 N–H and O–H groups in total. The lowest BCUT2D eigenvalue weighted by Gasteiger charge is -2.24. The number of rotatable bonds is 7. The Kier molecular flexibility index (Phi) is 7.02. The average Bonchev–Trinajstić information content (AvgIpc) is 2.23. The highest BCUT2D eigenvalue weighted by Gasteiger charge is 2.22. The second-order valence-corrected chi connectivity index (χ2v) is 4.49. The van der Waals surface area contributed by atoms with Gasteiger partial charge in [0, 0.05) is 19.3 Å². The number of hydrogen-bond donors (Lipinski definition) is 0. The van der Waals surface area contributed by atoms with Gasteiger partial charge in [0.05, 0.1) is 0 Å². The molecule has 0 fully saturated rings. The first-order valence-corrected chi connectivity index (χ1v) is 6.12. The first kappa shape index (κ1) is 15.1. The first-order valence-electron chi connectivity index (χ1n) is 6.12. The van der Waals surface area contributed by atoms with Crippen molar-refractivity contribution in [3.63, 3.8) is 0 Å². The molecule has 0 rings (SSSR count). The number of carbonyl (C=O) groups excluding carboxylic acids is 2. The summed E-state index contributed by atoms with van der Waals surface area (Å²) >= 11 is 0. The van der Waals surface area contributed by atoms with Crippen molar-refractivity contribution < 1.29 is 14.3 Å². The van der Waals surface area contributed by atoms with Crippen LogP contribution in [-0.4, -0.2) is 17.9 Å². The van der Waals surface area contributed by atoms with Crippen LogP contribution >= 0.6 is 0 Å². The fraction of sp³-hybridized carbons (Fsp3) is 0.846. The molecule has 0 amide bonds. The minimum atomic E-state index is -0.242. The summed E-state index contributed by atoms with van der Waals surface area (Å²) in [5, 5.41) is 0. The standard InChI is InChI=1S/C13H24O3/c1-6-12(15)9(3)8-10(4)13(7-2)16-11(5)14/h9-10,13H,6-8H2,1-5H3/t9-,10+,13-/m1/s1. The van der Waals surface area contributed by atoms with Gasteiger partial charge >= 0.3 is 5.97 Å². The quantitative estimate of drug-likeness (QED) is 0.629. The highest BCUT2D eigenvalue weighted by Crippen LogP contribution is 2.21. The zero-order chi connectivity index (χ0) is 12.7. The van der Waals surface area contributed by atoms with E-state index in [4.69, 9.17) is 4.74 Å². The van der Waals surface area contributed by atoms with Crippen LogP contribution in [0, 0.1) is 11.8 Å². The van der Waals surface area contributed by atoms with Crippen LogP contribution in [0.4, 0.5) is 0 Å².